The van der Waals surface area contributed by atoms with E-state index in [1.54, 1.807) is 6.20 Å². The predicted octanol–water partition coefficient (Wildman–Crippen LogP) is 4.12. The van der Waals surface area contributed by atoms with E-state index in [2.05, 4.69) is 24.3 Å². The van der Waals surface area contributed by atoms with Crippen LogP contribution in [0.3, 0.4) is 0 Å². The van der Waals surface area contributed by atoms with Gasteiger partial charge in [0.2, 0.25) is 5.43 Å². The van der Waals surface area contributed by atoms with Crippen LogP contribution in [-0.4, -0.2) is 28.5 Å². The summed E-state index contributed by atoms with van der Waals surface area (Å²) >= 11 is 0. The summed E-state index contributed by atoms with van der Waals surface area (Å²) in [5.74, 6) is 0.464. The lowest BCUT2D eigenvalue weighted by Crippen LogP contribution is -2.41. The first kappa shape index (κ1) is 18.5. The van der Waals surface area contributed by atoms with Crippen LogP contribution < -0.4 is 5.43 Å². The summed E-state index contributed by atoms with van der Waals surface area (Å²) in [5.41, 5.74) is 2.37. The topological polar surface area (TPSA) is 42.3 Å². The average molecular weight is 374 g/mol. The Morgan fingerprint density at radius 3 is 2.39 bits per heavy atom. The average Bonchev–Trinajstić information content (AvgIpc) is 2.75. The van der Waals surface area contributed by atoms with E-state index in [0.717, 1.165) is 31.3 Å². The third-order valence-corrected chi connectivity index (χ3v) is 5.83. The minimum Gasteiger partial charge on any atom is -0.347 e. The van der Waals surface area contributed by atoms with E-state index in [0.29, 0.717) is 30.0 Å². The second kappa shape index (κ2) is 8.01. The van der Waals surface area contributed by atoms with Gasteiger partial charge in [-0.15, -0.1) is 0 Å². The van der Waals surface area contributed by atoms with Crippen molar-refractivity contribution >= 4 is 16.8 Å². The van der Waals surface area contributed by atoms with Gasteiger partial charge in [-0.25, -0.2) is 0 Å². The van der Waals surface area contributed by atoms with Crippen LogP contribution in [0, 0.1) is 5.92 Å². The van der Waals surface area contributed by atoms with E-state index >= 15 is 0 Å². The van der Waals surface area contributed by atoms with Crippen LogP contribution in [-0.2, 0) is 13.0 Å². The number of piperidine rings is 1. The van der Waals surface area contributed by atoms with Gasteiger partial charge in [0.1, 0.15) is 5.56 Å². The molecule has 2 aromatic carbocycles. The number of hydrogen-bond donors (Lipinski definition) is 0. The number of carbonyl (C=O) groups excluding carboxylic acids is 1. The Balaban J connectivity index is 1.51. The number of rotatable bonds is 4. The van der Waals surface area contributed by atoms with E-state index in [4.69, 9.17) is 0 Å². The molecule has 2 heterocycles. The zero-order chi connectivity index (χ0) is 19.5. The van der Waals surface area contributed by atoms with E-state index in [1.165, 1.54) is 5.56 Å². The molecule has 1 aromatic heterocycles. The predicted molar refractivity (Wildman–Crippen MR) is 113 cm³/mol. The van der Waals surface area contributed by atoms with Gasteiger partial charge in [0, 0.05) is 31.2 Å². The van der Waals surface area contributed by atoms with Gasteiger partial charge >= 0.3 is 0 Å². The number of para-hydroxylation sites is 1. The zero-order valence-corrected chi connectivity index (χ0v) is 16.3. The van der Waals surface area contributed by atoms with Crippen molar-refractivity contribution in [3.8, 4) is 0 Å². The van der Waals surface area contributed by atoms with E-state index in [-0.39, 0.29) is 11.3 Å². The number of pyridine rings is 1. The lowest BCUT2D eigenvalue weighted by Gasteiger charge is -2.32. The molecule has 0 N–H and O–H groups in total. The highest BCUT2D eigenvalue weighted by molar-refractivity contribution is 5.97. The second-order valence-electron chi connectivity index (χ2n) is 7.60. The van der Waals surface area contributed by atoms with Crippen molar-refractivity contribution in [3.05, 3.63) is 82.1 Å². The van der Waals surface area contributed by atoms with Crippen LogP contribution >= 0.6 is 0 Å². The molecule has 1 aliphatic heterocycles. The number of likely N-dealkylation sites (tertiary alicyclic amines) is 1. The molecule has 0 aliphatic carbocycles. The van der Waals surface area contributed by atoms with Crippen molar-refractivity contribution in [2.24, 2.45) is 5.92 Å². The quantitative estimate of drug-likeness (QED) is 0.689. The maximum Gasteiger partial charge on any atom is 0.259 e. The number of nitrogens with zero attached hydrogens (tertiary/aromatic N) is 2. The normalized spacial score (nSPS) is 15.1. The third-order valence-electron chi connectivity index (χ3n) is 5.83. The Labute approximate surface area is 165 Å². The second-order valence-corrected chi connectivity index (χ2v) is 7.60. The van der Waals surface area contributed by atoms with Gasteiger partial charge in [-0.2, -0.15) is 0 Å². The fraction of sp³-hybridized carbons (Fsp3) is 0.333. The first-order valence-corrected chi connectivity index (χ1v) is 10.1. The van der Waals surface area contributed by atoms with Gasteiger partial charge in [0.05, 0.1) is 5.52 Å². The minimum absolute atomic E-state index is 0.129. The molecule has 1 amide bonds. The number of aryl methyl sites for hydroxylation is 1. The first-order valence-electron chi connectivity index (χ1n) is 10.1. The molecular formula is C24H26N2O2. The summed E-state index contributed by atoms with van der Waals surface area (Å²) in [6.07, 6.45) is 4.76. The molecule has 28 heavy (non-hydrogen) atoms. The van der Waals surface area contributed by atoms with Gasteiger partial charge in [0.15, 0.2) is 0 Å². The number of benzene rings is 2. The molecule has 0 spiro atoms. The summed E-state index contributed by atoms with van der Waals surface area (Å²) in [5, 5.41) is 0.620. The summed E-state index contributed by atoms with van der Waals surface area (Å²) in [6.45, 7) is 4.18. The van der Waals surface area contributed by atoms with Crippen LogP contribution in [0.15, 0.2) is 65.6 Å². The Morgan fingerprint density at radius 1 is 1.00 bits per heavy atom. The highest BCUT2D eigenvalue weighted by atomic mass is 16.2. The van der Waals surface area contributed by atoms with Gasteiger partial charge in [0.25, 0.3) is 5.91 Å². The van der Waals surface area contributed by atoms with E-state index < -0.39 is 0 Å². The van der Waals surface area contributed by atoms with E-state index in [9.17, 15) is 9.59 Å². The Bertz CT molecular complexity index is 1030. The Kier molecular flexibility index (Phi) is 5.29. The molecule has 1 saturated heterocycles. The van der Waals surface area contributed by atoms with Crippen molar-refractivity contribution in [1.82, 2.24) is 9.47 Å². The van der Waals surface area contributed by atoms with Crippen LogP contribution in [0.1, 0.15) is 35.7 Å². The first-order chi connectivity index (χ1) is 13.7. The van der Waals surface area contributed by atoms with Gasteiger partial charge < -0.3 is 9.47 Å². The number of carbonyl (C=O) groups is 1. The van der Waals surface area contributed by atoms with Crippen molar-refractivity contribution in [1.29, 1.82) is 0 Å². The molecule has 4 rings (SSSR count). The Hall–Kier alpha value is -2.88. The highest BCUT2D eigenvalue weighted by Crippen LogP contribution is 2.23. The lowest BCUT2D eigenvalue weighted by molar-refractivity contribution is 0.0688. The van der Waals surface area contributed by atoms with Gasteiger partial charge in [-0.05, 0) is 49.8 Å². The summed E-state index contributed by atoms with van der Waals surface area (Å²) in [7, 11) is 0. The largest absolute Gasteiger partial charge is 0.347 e. The van der Waals surface area contributed by atoms with E-state index in [1.807, 2.05) is 46.7 Å². The number of hydrogen-bond acceptors (Lipinski definition) is 2. The van der Waals surface area contributed by atoms with Crippen molar-refractivity contribution in [3.63, 3.8) is 0 Å². The lowest BCUT2D eigenvalue weighted by atomic mass is 9.90. The molecule has 1 fully saturated rings. The minimum atomic E-state index is -0.156. The molecule has 144 valence electrons. The molecule has 0 unspecified atom stereocenters. The zero-order valence-electron chi connectivity index (χ0n) is 16.3. The fourth-order valence-electron chi connectivity index (χ4n) is 4.22. The van der Waals surface area contributed by atoms with Crippen molar-refractivity contribution in [2.45, 2.75) is 32.7 Å². The molecule has 4 nitrogen and oxygen atoms in total. The molecule has 0 radical (unpaired) electrons. The van der Waals surface area contributed by atoms with Crippen LogP contribution in [0.25, 0.3) is 10.9 Å². The van der Waals surface area contributed by atoms with Crippen LogP contribution in [0.2, 0.25) is 0 Å². The maximum atomic E-state index is 13.1. The SMILES string of the molecule is CCn1cc(C(=O)N2CCC(Cc3ccccc3)CC2)c(=O)c2ccccc21. The van der Waals surface area contributed by atoms with Gasteiger partial charge in [-0.3, -0.25) is 9.59 Å². The van der Waals surface area contributed by atoms with Crippen molar-refractivity contribution in [2.75, 3.05) is 13.1 Å². The molecule has 0 atom stereocenters. The van der Waals surface area contributed by atoms with Crippen molar-refractivity contribution < 1.29 is 4.79 Å². The number of amides is 1. The summed E-state index contributed by atoms with van der Waals surface area (Å²) in [4.78, 5) is 27.9. The number of fused-ring (bicyclic) bond motifs is 1. The maximum absolute atomic E-state index is 13.1. The summed E-state index contributed by atoms with van der Waals surface area (Å²) in [6, 6.07) is 18.0. The van der Waals surface area contributed by atoms with Crippen LogP contribution in [0.5, 0.6) is 0 Å². The molecule has 0 saturated carbocycles. The fourth-order valence-corrected chi connectivity index (χ4v) is 4.22. The molecule has 3 aromatic rings. The smallest absolute Gasteiger partial charge is 0.259 e. The summed E-state index contributed by atoms with van der Waals surface area (Å²) < 4.78 is 1.99. The third kappa shape index (κ3) is 3.59. The highest BCUT2D eigenvalue weighted by Gasteiger charge is 2.26. The van der Waals surface area contributed by atoms with Gasteiger partial charge in [-0.1, -0.05) is 42.5 Å². The molecule has 1 aliphatic rings. The molecule has 0 bridgehead atoms. The molecular weight excluding hydrogens is 348 g/mol. The Morgan fingerprint density at radius 2 is 1.68 bits per heavy atom. The monoisotopic (exact) mass is 374 g/mol. The number of aromatic nitrogens is 1. The standard InChI is InChI=1S/C24H26N2O2/c1-2-25-17-21(23(27)20-10-6-7-11-22(20)25)24(28)26-14-12-19(13-15-26)16-18-8-4-3-5-9-18/h3-11,17,19H,2,12-16H2,1H3. The molecule has 4 heteroatoms. The van der Waals surface area contributed by atoms with Crippen LogP contribution in [0.4, 0.5) is 0 Å².